The molecule has 182 valence electrons. The number of sulfone groups is 1. The van der Waals surface area contributed by atoms with E-state index in [-0.39, 0.29) is 28.9 Å². The first-order valence-corrected chi connectivity index (χ1v) is 13.8. The highest BCUT2D eigenvalue weighted by Crippen LogP contribution is 2.24. The average molecular weight is 505 g/mol. The SMILES string of the molecule is Cc1ccc(NC(=O)CSCC(=O)OCC(=O)N(c2ccccc2)C2CCS(=O)(=O)C2)c(C)c1. The maximum absolute atomic E-state index is 12.9. The predicted molar refractivity (Wildman–Crippen MR) is 134 cm³/mol. The van der Waals surface area contributed by atoms with Crippen LogP contribution in [0.3, 0.4) is 0 Å². The summed E-state index contributed by atoms with van der Waals surface area (Å²) >= 11 is 1.09. The van der Waals surface area contributed by atoms with Crippen molar-refractivity contribution in [1.29, 1.82) is 0 Å². The molecule has 2 amide bonds. The number of nitrogens with one attached hydrogen (secondary N) is 1. The number of benzene rings is 2. The minimum Gasteiger partial charge on any atom is -0.455 e. The molecule has 1 aliphatic rings. The number of aryl methyl sites for hydroxylation is 2. The molecule has 10 heteroatoms. The maximum atomic E-state index is 12.9. The molecule has 0 radical (unpaired) electrons. The molecule has 34 heavy (non-hydrogen) atoms. The van der Waals surface area contributed by atoms with Gasteiger partial charge in [0, 0.05) is 11.4 Å². The number of nitrogens with zero attached hydrogens (tertiary/aromatic N) is 1. The highest BCUT2D eigenvalue weighted by Gasteiger charge is 2.35. The Morgan fingerprint density at radius 3 is 2.47 bits per heavy atom. The van der Waals surface area contributed by atoms with E-state index in [2.05, 4.69) is 5.32 Å². The van der Waals surface area contributed by atoms with Crippen LogP contribution in [0.15, 0.2) is 48.5 Å². The Hall–Kier alpha value is -2.85. The van der Waals surface area contributed by atoms with Crippen LogP contribution in [-0.4, -0.2) is 61.9 Å². The molecule has 3 rings (SSSR count). The summed E-state index contributed by atoms with van der Waals surface area (Å²) in [7, 11) is -3.20. The van der Waals surface area contributed by atoms with Gasteiger partial charge in [-0.3, -0.25) is 14.4 Å². The van der Waals surface area contributed by atoms with Gasteiger partial charge in [-0.1, -0.05) is 35.9 Å². The lowest BCUT2D eigenvalue weighted by molar-refractivity contribution is -0.145. The zero-order valence-corrected chi connectivity index (χ0v) is 20.8. The molecule has 0 saturated carbocycles. The van der Waals surface area contributed by atoms with Gasteiger partial charge in [0.25, 0.3) is 5.91 Å². The number of rotatable bonds is 9. The summed E-state index contributed by atoms with van der Waals surface area (Å²) in [6, 6.07) is 14.0. The number of carbonyl (C=O) groups is 3. The van der Waals surface area contributed by atoms with Crippen LogP contribution in [0.1, 0.15) is 17.5 Å². The molecule has 0 aliphatic carbocycles. The quantitative estimate of drug-likeness (QED) is 0.523. The van der Waals surface area contributed by atoms with Gasteiger partial charge in [-0.25, -0.2) is 8.42 Å². The van der Waals surface area contributed by atoms with Crippen LogP contribution in [-0.2, 0) is 29.0 Å². The summed E-state index contributed by atoms with van der Waals surface area (Å²) < 4.78 is 29.0. The van der Waals surface area contributed by atoms with Crippen LogP contribution < -0.4 is 10.2 Å². The van der Waals surface area contributed by atoms with Crippen molar-refractivity contribution in [3.63, 3.8) is 0 Å². The molecule has 1 heterocycles. The number of hydrogen-bond acceptors (Lipinski definition) is 7. The number of ether oxygens (including phenoxy) is 1. The van der Waals surface area contributed by atoms with Crippen LogP contribution in [0.5, 0.6) is 0 Å². The van der Waals surface area contributed by atoms with Crippen molar-refractivity contribution in [1.82, 2.24) is 0 Å². The topological polar surface area (TPSA) is 110 Å². The van der Waals surface area contributed by atoms with E-state index in [0.29, 0.717) is 12.1 Å². The summed E-state index contributed by atoms with van der Waals surface area (Å²) in [6.45, 7) is 3.38. The third-order valence-electron chi connectivity index (χ3n) is 5.34. The fourth-order valence-electron chi connectivity index (χ4n) is 3.75. The van der Waals surface area contributed by atoms with E-state index < -0.39 is 34.4 Å². The number of carbonyl (C=O) groups excluding carboxylic acids is 3. The van der Waals surface area contributed by atoms with Gasteiger partial charge in [0.1, 0.15) is 0 Å². The fraction of sp³-hybridized carbons (Fsp3) is 0.375. The lowest BCUT2D eigenvalue weighted by Gasteiger charge is -2.28. The summed E-state index contributed by atoms with van der Waals surface area (Å²) in [4.78, 5) is 38.5. The second-order valence-electron chi connectivity index (χ2n) is 8.18. The zero-order valence-electron chi connectivity index (χ0n) is 19.2. The van der Waals surface area contributed by atoms with E-state index in [1.807, 2.05) is 32.0 Å². The Kier molecular flexibility index (Phi) is 8.73. The lowest BCUT2D eigenvalue weighted by Crippen LogP contribution is -2.43. The number of hydrogen-bond donors (Lipinski definition) is 1. The van der Waals surface area contributed by atoms with Gasteiger partial charge in [-0.05, 0) is 44.0 Å². The zero-order chi connectivity index (χ0) is 24.7. The second-order valence-corrected chi connectivity index (χ2v) is 11.4. The third kappa shape index (κ3) is 7.33. The van der Waals surface area contributed by atoms with Crippen molar-refractivity contribution in [2.45, 2.75) is 26.3 Å². The molecule has 2 aromatic carbocycles. The minimum atomic E-state index is -3.20. The molecule has 0 bridgehead atoms. The standard InChI is InChI=1S/C24H28N2O6S2/c1-17-8-9-21(18(2)12-17)25-22(27)14-33-15-24(29)32-13-23(28)26(19-6-4-3-5-7-19)20-10-11-34(30,31)16-20/h3-9,12,20H,10-11,13-16H2,1-2H3,(H,25,27). The van der Waals surface area contributed by atoms with Crippen LogP contribution in [0.2, 0.25) is 0 Å². The Bertz CT molecular complexity index is 1150. The van der Waals surface area contributed by atoms with E-state index in [4.69, 9.17) is 4.74 Å². The van der Waals surface area contributed by atoms with Crippen LogP contribution in [0, 0.1) is 13.8 Å². The van der Waals surface area contributed by atoms with Gasteiger partial charge >= 0.3 is 5.97 Å². The molecule has 8 nitrogen and oxygen atoms in total. The molecule has 1 aliphatic heterocycles. The van der Waals surface area contributed by atoms with Crippen molar-refractivity contribution >= 4 is 50.8 Å². The molecule has 1 fully saturated rings. The van der Waals surface area contributed by atoms with Crippen molar-refractivity contribution in [3.8, 4) is 0 Å². The molecule has 1 N–H and O–H groups in total. The van der Waals surface area contributed by atoms with Crippen LogP contribution in [0.4, 0.5) is 11.4 Å². The van der Waals surface area contributed by atoms with Crippen molar-refractivity contribution < 1.29 is 27.5 Å². The number of para-hydroxylation sites is 1. The van der Waals surface area contributed by atoms with Crippen LogP contribution in [0.25, 0.3) is 0 Å². The number of esters is 1. The number of anilines is 2. The van der Waals surface area contributed by atoms with Gasteiger partial charge in [0.05, 0.1) is 29.1 Å². The van der Waals surface area contributed by atoms with E-state index in [9.17, 15) is 22.8 Å². The molecule has 1 atom stereocenters. The van der Waals surface area contributed by atoms with Gasteiger partial charge < -0.3 is 15.0 Å². The Morgan fingerprint density at radius 2 is 1.82 bits per heavy atom. The van der Waals surface area contributed by atoms with Crippen LogP contribution >= 0.6 is 11.8 Å². The van der Waals surface area contributed by atoms with E-state index >= 15 is 0 Å². The third-order valence-corrected chi connectivity index (χ3v) is 8.00. The van der Waals surface area contributed by atoms with E-state index in [0.717, 1.165) is 28.6 Å². The second kappa shape index (κ2) is 11.5. The highest BCUT2D eigenvalue weighted by molar-refractivity contribution is 8.00. The molecule has 1 unspecified atom stereocenters. The van der Waals surface area contributed by atoms with E-state index in [1.54, 1.807) is 30.3 Å². The Morgan fingerprint density at radius 1 is 1.09 bits per heavy atom. The lowest BCUT2D eigenvalue weighted by atomic mass is 10.1. The molecule has 0 spiro atoms. The van der Waals surface area contributed by atoms with Gasteiger partial charge in [-0.15, -0.1) is 11.8 Å². The van der Waals surface area contributed by atoms with Gasteiger partial charge in [0.15, 0.2) is 16.4 Å². The average Bonchev–Trinajstić information content (AvgIpc) is 3.14. The fourth-order valence-corrected chi connectivity index (χ4v) is 6.06. The highest BCUT2D eigenvalue weighted by atomic mass is 32.2. The smallest absolute Gasteiger partial charge is 0.316 e. The first kappa shape index (κ1) is 25.8. The van der Waals surface area contributed by atoms with Crippen molar-refractivity contribution in [2.75, 3.05) is 39.8 Å². The molecule has 1 saturated heterocycles. The molecule has 2 aromatic rings. The molecule has 0 aromatic heterocycles. The van der Waals surface area contributed by atoms with Gasteiger partial charge in [0.2, 0.25) is 5.91 Å². The molecular weight excluding hydrogens is 476 g/mol. The summed E-state index contributed by atoms with van der Waals surface area (Å²) in [5.41, 5.74) is 3.33. The first-order valence-electron chi connectivity index (χ1n) is 10.8. The first-order chi connectivity index (χ1) is 16.1. The minimum absolute atomic E-state index is 0.0227. The Balaban J connectivity index is 1.48. The number of amides is 2. The summed E-state index contributed by atoms with van der Waals surface area (Å²) in [5, 5.41) is 2.81. The predicted octanol–water partition coefficient (Wildman–Crippen LogP) is 2.74. The summed E-state index contributed by atoms with van der Waals surface area (Å²) in [5.74, 6) is -1.46. The Labute approximate surface area is 204 Å². The largest absolute Gasteiger partial charge is 0.455 e. The monoisotopic (exact) mass is 504 g/mol. The van der Waals surface area contributed by atoms with Gasteiger partial charge in [-0.2, -0.15) is 0 Å². The summed E-state index contributed by atoms with van der Waals surface area (Å²) in [6.07, 6.45) is 0.336. The molecular formula is C24H28N2O6S2. The maximum Gasteiger partial charge on any atom is 0.316 e. The number of thioether (sulfide) groups is 1. The van der Waals surface area contributed by atoms with E-state index in [1.165, 1.54) is 4.90 Å². The van der Waals surface area contributed by atoms with Crippen molar-refractivity contribution in [3.05, 3.63) is 59.7 Å². The van der Waals surface area contributed by atoms with Crippen molar-refractivity contribution in [2.24, 2.45) is 0 Å². The normalized spacial score (nSPS) is 16.6.